The fourth-order valence-corrected chi connectivity index (χ4v) is 1.88. The van der Waals surface area contributed by atoms with Gasteiger partial charge in [-0.2, -0.15) is 13.2 Å². The standard InChI is InChI=1S/C13H23F3N2O3/c1-9(2)5-17(6-10(3)4)12(21)18(7-11(19)20)8-13(14,15)16/h9-10H,5-8H2,1-4H3,(H,19,20). The number of urea groups is 1. The zero-order valence-corrected chi connectivity index (χ0v) is 12.8. The number of aliphatic carboxylic acids is 1. The van der Waals surface area contributed by atoms with Gasteiger partial charge in [-0.05, 0) is 11.8 Å². The van der Waals surface area contributed by atoms with Crippen LogP contribution < -0.4 is 0 Å². The lowest BCUT2D eigenvalue weighted by atomic mass is 10.1. The third kappa shape index (κ3) is 9.14. The maximum Gasteiger partial charge on any atom is 0.406 e. The van der Waals surface area contributed by atoms with Crippen molar-refractivity contribution < 1.29 is 27.9 Å². The molecule has 0 heterocycles. The molecule has 8 heteroatoms. The molecule has 0 aliphatic rings. The zero-order chi connectivity index (χ0) is 16.8. The van der Waals surface area contributed by atoms with Crippen LogP contribution in [0.5, 0.6) is 0 Å². The maximum absolute atomic E-state index is 12.5. The van der Waals surface area contributed by atoms with Gasteiger partial charge in [-0.3, -0.25) is 4.79 Å². The second-order valence-corrected chi connectivity index (χ2v) is 5.84. The normalized spacial score (nSPS) is 11.9. The molecule has 21 heavy (non-hydrogen) atoms. The Bertz CT molecular complexity index is 347. The van der Waals surface area contributed by atoms with Crippen molar-refractivity contribution in [1.29, 1.82) is 0 Å². The highest BCUT2D eigenvalue weighted by Gasteiger charge is 2.35. The SMILES string of the molecule is CC(C)CN(CC(C)C)C(=O)N(CC(=O)O)CC(F)(F)F. The first kappa shape index (κ1) is 19.5. The minimum absolute atomic E-state index is 0.0743. The molecule has 0 aromatic carbocycles. The number of hydrogen-bond donors (Lipinski definition) is 1. The van der Waals surface area contributed by atoms with Gasteiger partial charge in [0.1, 0.15) is 13.1 Å². The van der Waals surface area contributed by atoms with Crippen molar-refractivity contribution in [1.82, 2.24) is 9.80 Å². The van der Waals surface area contributed by atoms with Gasteiger partial charge < -0.3 is 14.9 Å². The summed E-state index contributed by atoms with van der Waals surface area (Å²) in [6.07, 6.45) is -4.63. The topological polar surface area (TPSA) is 60.9 Å². The Hall–Kier alpha value is -1.47. The van der Waals surface area contributed by atoms with Gasteiger partial charge in [-0.1, -0.05) is 27.7 Å². The summed E-state index contributed by atoms with van der Waals surface area (Å²) in [4.78, 5) is 24.5. The average molecular weight is 312 g/mol. The number of halogens is 3. The summed E-state index contributed by atoms with van der Waals surface area (Å²) in [6, 6.07) is -0.892. The Labute approximate surface area is 122 Å². The predicted molar refractivity (Wildman–Crippen MR) is 71.9 cm³/mol. The van der Waals surface area contributed by atoms with Crippen LogP contribution in [-0.4, -0.2) is 59.3 Å². The molecule has 0 bridgehead atoms. The van der Waals surface area contributed by atoms with Crippen LogP contribution in [0.15, 0.2) is 0 Å². The first-order valence-electron chi connectivity index (χ1n) is 6.74. The van der Waals surface area contributed by atoms with E-state index in [0.29, 0.717) is 4.90 Å². The quantitative estimate of drug-likeness (QED) is 0.786. The minimum Gasteiger partial charge on any atom is -0.480 e. The summed E-state index contributed by atoms with van der Waals surface area (Å²) < 4.78 is 37.5. The third-order valence-electron chi connectivity index (χ3n) is 2.41. The van der Waals surface area contributed by atoms with Crippen molar-refractivity contribution in [2.45, 2.75) is 33.9 Å². The largest absolute Gasteiger partial charge is 0.480 e. The second kappa shape index (κ2) is 8.09. The molecule has 124 valence electrons. The fourth-order valence-electron chi connectivity index (χ4n) is 1.88. The van der Waals surface area contributed by atoms with Gasteiger partial charge >= 0.3 is 18.2 Å². The smallest absolute Gasteiger partial charge is 0.406 e. The van der Waals surface area contributed by atoms with Crippen molar-refractivity contribution in [3.05, 3.63) is 0 Å². The van der Waals surface area contributed by atoms with Crippen molar-refractivity contribution >= 4 is 12.0 Å². The monoisotopic (exact) mass is 312 g/mol. The average Bonchev–Trinajstić information content (AvgIpc) is 2.22. The number of amides is 2. The number of nitrogens with zero attached hydrogens (tertiary/aromatic N) is 2. The van der Waals surface area contributed by atoms with Gasteiger partial charge in [-0.15, -0.1) is 0 Å². The number of carbonyl (C=O) groups is 2. The Morgan fingerprint density at radius 1 is 1.00 bits per heavy atom. The van der Waals surface area contributed by atoms with E-state index in [0.717, 1.165) is 0 Å². The first-order valence-corrected chi connectivity index (χ1v) is 6.74. The molecular weight excluding hydrogens is 289 g/mol. The van der Waals surface area contributed by atoms with Gasteiger partial charge in [-0.25, -0.2) is 4.79 Å². The van der Waals surface area contributed by atoms with Crippen LogP contribution in [-0.2, 0) is 4.79 Å². The third-order valence-corrected chi connectivity index (χ3v) is 2.41. The van der Waals surface area contributed by atoms with Crippen LogP contribution in [0.2, 0.25) is 0 Å². The predicted octanol–water partition coefficient (Wildman–Crippen LogP) is 2.67. The number of hydrogen-bond acceptors (Lipinski definition) is 2. The molecular formula is C13H23F3N2O3. The molecule has 0 unspecified atom stereocenters. The van der Waals surface area contributed by atoms with Crippen LogP contribution in [0.3, 0.4) is 0 Å². The Morgan fingerprint density at radius 3 is 1.71 bits per heavy atom. The minimum atomic E-state index is -4.63. The van der Waals surface area contributed by atoms with Gasteiger partial charge in [0, 0.05) is 13.1 Å². The van der Waals surface area contributed by atoms with Gasteiger partial charge in [0.05, 0.1) is 0 Å². The molecule has 2 amide bonds. The molecule has 0 radical (unpaired) electrons. The van der Waals surface area contributed by atoms with Crippen LogP contribution in [0.1, 0.15) is 27.7 Å². The maximum atomic E-state index is 12.5. The van der Waals surface area contributed by atoms with E-state index >= 15 is 0 Å². The van der Waals surface area contributed by atoms with E-state index in [4.69, 9.17) is 5.11 Å². The molecule has 0 atom stereocenters. The van der Waals surface area contributed by atoms with E-state index < -0.39 is 31.3 Å². The van der Waals surface area contributed by atoms with Crippen LogP contribution >= 0.6 is 0 Å². The van der Waals surface area contributed by atoms with Crippen molar-refractivity contribution in [3.63, 3.8) is 0 Å². The molecule has 5 nitrogen and oxygen atoms in total. The fraction of sp³-hybridized carbons (Fsp3) is 0.846. The highest BCUT2D eigenvalue weighted by atomic mass is 19.4. The van der Waals surface area contributed by atoms with Crippen molar-refractivity contribution in [2.75, 3.05) is 26.2 Å². The molecule has 0 saturated heterocycles. The summed E-state index contributed by atoms with van der Waals surface area (Å²) in [5.41, 5.74) is 0. The molecule has 0 aromatic heterocycles. The first-order chi connectivity index (χ1) is 9.42. The molecule has 0 aliphatic heterocycles. The number of carboxylic acid groups (broad SMARTS) is 1. The van der Waals surface area contributed by atoms with Crippen molar-refractivity contribution in [3.8, 4) is 0 Å². The Morgan fingerprint density at radius 2 is 1.43 bits per heavy atom. The lowest BCUT2D eigenvalue weighted by molar-refractivity contribution is -0.149. The molecule has 0 aliphatic carbocycles. The zero-order valence-electron chi connectivity index (χ0n) is 12.8. The lowest BCUT2D eigenvalue weighted by Gasteiger charge is -2.32. The molecule has 0 spiro atoms. The second-order valence-electron chi connectivity index (χ2n) is 5.84. The number of carboxylic acids is 1. The highest BCUT2D eigenvalue weighted by Crippen LogP contribution is 2.18. The van der Waals surface area contributed by atoms with E-state index in [2.05, 4.69) is 0 Å². The Kier molecular flexibility index (Phi) is 7.52. The summed E-state index contributed by atoms with van der Waals surface area (Å²) in [6.45, 7) is 5.39. The van der Waals surface area contributed by atoms with E-state index in [9.17, 15) is 22.8 Å². The van der Waals surface area contributed by atoms with Crippen LogP contribution in [0.4, 0.5) is 18.0 Å². The highest BCUT2D eigenvalue weighted by molar-refractivity contribution is 5.80. The number of rotatable bonds is 7. The lowest BCUT2D eigenvalue weighted by Crippen LogP contribution is -2.50. The molecule has 0 fully saturated rings. The summed E-state index contributed by atoms with van der Waals surface area (Å²) in [5, 5.41) is 8.70. The molecule has 1 N–H and O–H groups in total. The van der Waals surface area contributed by atoms with E-state index in [1.54, 1.807) is 0 Å². The van der Waals surface area contributed by atoms with Crippen molar-refractivity contribution in [2.24, 2.45) is 11.8 Å². The number of alkyl halides is 3. The summed E-state index contributed by atoms with van der Waals surface area (Å²) >= 11 is 0. The van der Waals surface area contributed by atoms with E-state index in [1.807, 2.05) is 27.7 Å². The van der Waals surface area contributed by atoms with E-state index in [-0.39, 0.29) is 24.9 Å². The van der Waals surface area contributed by atoms with Crippen LogP contribution in [0.25, 0.3) is 0 Å². The molecule has 0 aromatic rings. The molecule has 0 rings (SSSR count). The summed E-state index contributed by atoms with van der Waals surface area (Å²) in [5.74, 6) is -1.32. The number of carbonyl (C=O) groups excluding carboxylic acids is 1. The van der Waals surface area contributed by atoms with Crippen LogP contribution in [0, 0.1) is 11.8 Å². The van der Waals surface area contributed by atoms with Gasteiger partial charge in [0.25, 0.3) is 0 Å². The summed E-state index contributed by atoms with van der Waals surface area (Å²) in [7, 11) is 0. The van der Waals surface area contributed by atoms with Gasteiger partial charge in [0.15, 0.2) is 0 Å². The van der Waals surface area contributed by atoms with Gasteiger partial charge in [0.2, 0.25) is 0 Å². The Balaban J connectivity index is 5.11. The van der Waals surface area contributed by atoms with E-state index in [1.165, 1.54) is 4.90 Å². The molecule has 0 saturated carbocycles.